The molecule has 1 unspecified atom stereocenters. The molecule has 7 rings (SSSR count). The van der Waals surface area contributed by atoms with Crippen LogP contribution in [-0.2, 0) is 35.6 Å². The van der Waals surface area contributed by atoms with E-state index in [-0.39, 0.29) is 37.3 Å². The van der Waals surface area contributed by atoms with Gasteiger partial charge in [0.15, 0.2) is 0 Å². The number of methoxy groups -OCH3 is 1. The highest BCUT2D eigenvalue weighted by Crippen LogP contribution is 2.46. The van der Waals surface area contributed by atoms with E-state index in [1.165, 1.54) is 11.0 Å². The van der Waals surface area contributed by atoms with Crippen LogP contribution in [0.5, 0.6) is 11.5 Å². The smallest absolute Gasteiger partial charge is 0.407 e. The van der Waals surface area contributed by atoms with E-state index in [0.29, 0.717) is 54.9 Å². The third-order valence-electron chi connectivity index (χ3n) is 12.4. The van der Waals surface area contributed by atoms with Gasteiger partial charge in [-0.05, 0) is 74.3 Å². The van der Waals surface area contributed by atoms with E-state index in [1.807, 2.05) is 26.0 Å². The average molecular weight is 809 g/mol. The maximum atomic E-state index is 14.9. The Bertz CT molecular complexity index is 2030. The van der Waals surface area contributed by atoms with Crippen molar-refractivity contribution in [3.63, 3.8) is 0 Å². The number of rotatable bonds is 9. The molecular weight excluding hydrogens is 753 g/mol. The number of carbonyl (C=O) groups excluding carboxylic acids is 4. The zero-order valence-electron chi connectivity index (χ0n) is 33.4. The molecule has 1 saturated heterocycles. The van der Waals surface area contributed by atoms with Crippen molar-refractivity contribution >= 4 is 50.6 Å². The highest BCUT2D eigenvalue weighted by molar-refractivity contribution is 7.91. The summed E-state index contributed by atoms with van der Waals surface area (Å²) >= 11 is 0. The monoisotopic (exact) mass is 808 g/mol. The SMILES string of the molecule is C=C[C@@H]1CC1(NC(=O)[C@@H]1C[C@@H]2CN1C(=O)[C@H](C1CCCCC1)NC(=O)OCC(C)(C)CCCc1cc3c(cc(NC)nc3cc1OC)O2)C(=O)NS(=O)(=O)C1CC1. The minimum Gasteiger partial charge on any atom is -0.496 e. The van der Waals surface area contributed by atoms with E-state index < -0.39 is 68.7 Å². The number of ether oxygens (including phenoxy) is 3. The van der Waals surface area contributed by atoms with Crippen LogP contribution in [0.2, 0.25) is 0 Å². The predicted octanol–water partition coefficient (Wildman–Crippen LogP) is 4.34. The second kappa shape index (κ2) is 16.0. The molecule has 4 fully saturated rings. The lowest BCUT2D eigenvalue weighted by molar-refractivity contribution is -0.142. The van der Waals surface area contributed by atoms with Crippen molar-refractivity contribution in [2.24, 2.45) is 17.3 Å². The zero-order valence-corrected chi connectivity index (χ0v) is 34.2. The summed E-state index contributed by atoms with van der Waals surface area (Å²) in [7, 11) is -0.528. The van der Waals surface area contributed by atoms with Gasteiger partial charge in [-0.15, -0.1) is 6.58 Å². The highest BCUT2D eigenvalue weighted by Gasteiger charge is 2.62. The molecule has 5 aliphatic rings. The lowest BCUT2D eigenvalue weighted by Crippen LogP contribution is -2.59. The molecule has 0 radical (unpaired) electrons. The van der Waals surface area contributed by atoms with Crippen LogP contribution in [0.25, 0.3) is 10.9 Å². The molecule has 2 aromatic rings. The number of sulfonamides is 1. The van der Waals surface area contributed by atoms with Crippen LogP contribution in [0, 0.1) is 17.3 Å². The quantitative estimate of drug-likeness (QED) is 0.264. The number of hydrogen-bond acceptors (Lipinski definition) is 11. The number of alkyl carbamates (subject to hydrolysis) is 1. The Morgan fingerprint density at radius 2 is 1.84 bits per heavy atom. The van der Waals surface area contributed by atoms with Gasteiger partial charge >= 0.3 is 6.09 Å². The third kappa shape index (κ3) is 8.65. The molecule has 4 amide bonds. The first-order chi connectivity index (χ1) is 27.2. The number of nitrogens with one attached hydrogen (secondary N) is 4. The summed E-state index contributed by atoms with van der Waals surface area (Å²) in [6.07, 6.45) is 7.76. The third-order valence-corrected chi connectivity index (χ3v) is 14.2. The van der Waals surface area contributed by atoms with Gasteiger partial charge in [-0.3, -0.25) is 19.1 Å². The second-order valence-corrected chi connectivity index (χ2v) is 19.2. The molecular formula is C41H56N6O9S. The molecule has 3 aliphatic carbocycles. The summed E-state index contributed by atoms with van der Waals surface area (Å²) in [6.45, 7) is 8.03. The molecule has 57 heavy (non-hydrogen) atoms. The standard InChI is InChI=1S/C41H56N6O9S/c1-6-26-21-41(26,38(50)46-57(52,53)28-14-15-28)45-36(48)31-18-27-22-47(31)37(49)35(24-11-8-7-9-12-24)44-39(51)55-23-40(2,3)16-10-13-25-17-29-30(19-32(25)54-5)43-34(42-4)20-33(29)56-27/h6,17,19-20,24,26-28,31,35H,1,7-16,18,21-23H2,2-5H3,(H,42,43)(H,44,51)(H,45,48)(H,46,50)/t26-,27-,31+,35+,41?/m1/s1. The number of nitrogens with zero attached hydrogens (tertiary/aromatic N) is 2. The lowest BCUT2D eigenvalue weighted by atomic mass is 9.83. The van der Waals surface area contributed by atoms with E-state index in [9.17, 15) is 27.6 Å². The zero-order chi connectivity index (χ0) is 40.7. The predicted molar refractivity (Wildman–Crippen MR) is 213 cm³/mol. The van der Waals surface area contributed by atoms with Gasteiger partial charge in [0, 0.05) is 36.9 Å². The number of fused-ring (bicyclic) bond motifs is 3. The Morgan fingerprint density at radius 1 is 1.09 bits per heavy atom. The normalized spacial score (nSPS) is 28.2. The first kappa shape index (κ1) is 40.6. The molecule has 2 aliphatic heterocycles. The molecule has 16 heteroatoms. The summed E-state index contributed by atoms with van der Waals surface area (Å²) in [4.78, 5) is 62.8. The summed E-state index contributed by atoms with van der Waals surface area (Å²) in [5.41, 5.74) is -0.323. The van der Waals surface area contributed by atoms with E-state index >= 15 is 0 Å². The number of aromatic nitrogens is 1. The first-order valence-corrected chi connectivity index (χ1v) is 21.8. The number of carbonyl (C=O) groups is 4. The fourth-order valence-corrected chi connectivity index (χ4v) is 10.1. The van der Waals surface area contributed by atoms with Crippen LogP contribution >= 0.6 is 0 Å². The summed E-state index contributed by atoms with van der Waals surface area (Å²) in [5, 5.41) is 8.96. The molecule has 310 valence electrons. The van der Waals surface area contributed by atoms with E-state index in [4.69, 9.17) is 19.2 Å². The second-order valence-electron chi connectivity index (χ2n) is 17.2. The van der Waals surface area contributed by atoms with Crippen LogP contribution in [0.1, 0.15) is 90.0 Å². The minimum atomic E-state index is -3.90. The Balaban J connectivity index is 1.26. The number of benzene rings is 1. The maximum absolute atomic E-state index is 14.9. The number of hydrogen-bond donors (Lipinski definition) is 4. The van der Waals surface area contributed by atoms with E-state index in [1.54, 1.807) is 20.2 Å². The summed E-state index contributed by atoms with van der Waals surface area (Å²) in [5.74, 6) is -0.854. The van der Waals surface area contributed by atoms with Gasteiger partial charge in [0.2, 0.25) is 21.8 Å². The van der Waals surface area contributed by atoms with Crippen LogP contribution < -0.4 is 30.1 Å². The van der Waals surface area contributed by atoms with Gasteiger partial charge in [0.25, 0.3) is 5.91 Å². The Morgan fingerprint density at radius 3 is 2.51 bits per heavy atom. The molecule has 3 heterocycles. The maximum Gasteiger partial charge on any atom is 0.407 e. The van der Waals surface area contributed by atoms with Crippen molar-refractivity contribution in [1.82, 2.24) is 25.2 Å². The number of cyclic esters (lactones) is 1. The van der Waals surface area contributed by atoms with Gasteiger partial charge < -0.3 is 35.1 Å². The van der Waals surface area contributed by atoms with Crippen molar-refractivity contribution in [2.75, 3.05) is 32.6 Å². The van der Waals surface area contributed by atoms with Crippen LogP contribution in [-0.4, -0.2) is 98.4 Å². The Labute approximate surface area is 334 Å². The molecule has 4 N–H and O–H groups in total. The van der Waals surface area contributed by atoms with E-state index in [2.05, 4.69) is 27.3 Å². The minimum absolute atomic E-state index is 0.00571. The van der Waals surface area contributed by atoms with Crippen molar-refractivity contribution in [1.29, 1.82) is 0 Å². The fourth-order valence-electron chi connectivity index (χ4n) is 8.74. The van der Waals surface area contributed by atoms with Crippen molar-refractivity contribution in [3.05, 3.63) is 36.4 Å². The fraction of sp³-hybridized carbons (Fsp3) is 0.634. The Hall–Kier alpha value is -4.60. The van der Waals surface area contributed by atoms with Crippen molar-refractivity contribution < 1.29 is 41.8 Å². The van der Waals surface area contributed by atoms with Crippen LogP contribution in [0.15, 0.2) is 30.9 Å². The van der Waals surface area contributed by atoms with Crippen molar-refractivity contribution in [3.8, 4) is 11.5 Å². The number of aryl methyl sites for hydroxylation is 1. The molecule has 15 nitrogen and oxygen atoms in total. The lowest BCUT2D eigenvalue weighted by Gasteiger charge is -2.35. The molecule has 1 aromatic heterocycles. The summed E-state index contributed by atoms with van der Waals surface area (Å²) < 4.78 is 46.1. The van der Waals surface area contributed by atoms with Crippen molar-refractivity contribution in [2.45, 2.75) is 120 Å². The molecule has 4 bridgehead atoms. The molecule has 3 saturated carbocycles. The van der Waals surface area contributed by atoms with Crippen LogP contribution in [0.3, 0.4) is 0 Å². The van der Waals surface area contributed by atoms with Gasteiger partial charge in [-0.2, -0.15) is 0 Å². The van der Waals surface area contributed by atoms with Gasteiger partial charge in [-0.1, -0.05) is 39.2 Å². The number of anilines is 1. The molecule has 1 aromatic carbocycles. The summed E-state index contributed by atoms with van der Waals surface area (Å²) in [6, 6.07) is 3.60. The topological polar surface area (TPSA) is 194 Å². The highest BCUT2D eigenvalue weighted by atomic mass is 32.2. The first-order valence-electron chi connectivity index (χ1n) is 20.3. The van der Waals surface area contributed by atoms with Gasteiger partial charge in [-0.25, -0.2) is 18.2 Å². The van der Waals surface area contributed by atoms with Gasteiger partial charge in [0.1, 0.15) is 41.0 Å². The van der Waals surface area contributed by atoms with Gasteiger partial charge in [0.05, 0.1) is 31.0 Å². The molecule has 0 spiro atoms. The Kier molecular flexibility index (Phi) is 11.4. The number of amides is 4. The van der Waals surface area contributed by atoms with E-state index in [0.717, 1.165) is 43.1 Å². The van der Waals surface area contributed by atoms with Crippen LogP contribution in [0.4, 0.5) is 10.6 Å². The average Bonchev–Trinajstić information content (AvgIpc) is 4.12. The number of pyridine rings is 1. The molecule has 5 atom stereocenters. The largest absolute Gasteiger partial charge is 0.496 e.